The Morgan fingerprint density at radius 2 is 1.90 bits per heavy atom. The number of hydrogen-bond acceptors (Lipinski definition) is 4. The van der Waals surface area contributed by atoms with Crippen molar-refractivity contribution in [3.8, 4) is 11.3 Å². The van der Waals surface area contributed by atoms with Crippen molar-refractivity contribution in [1.29, 1.82) is 0 Å². The molecule has 2 aromatic heterocycles. The van der Waals surface area contributed by atoms with Gasteiger partial charge in [0.25, 0.3) is 5.71 Å². The van der Waals surface area contributed by atoms with Crippen molar-refractivity contribution in [2.45, 2.75) is 13.8 Å². The molecule has 3 rings (SSSR count). The summed E-state index contributed by atoms with van der Waals surface area (Å²) < 4.78 is 5.10. The van der Waals surface area contributed by atoms with Gasteiger partial charge in [-0.25, -0.2) is 9.78 Å². The normalized spacial score (nSPS) is 10.9. The molecule has 1 aromatic carbocycles. The molecular formula is C15H12N2O3. The summed E-state index contributed by atoms with van der Waals surface area (Å²) in [6.45, 7) is 3.69. The molecule has 0 aliphatic rings. The highest BCUT2D eigenvalue weighted by molar-refractivity contribution is 6.03. The van der Waals surface area contributed by atoms with Gasteiger partial charge in [0.2, 0.25) is 0 Å². The zero-order chi connectivity index (χ0) is 14.3. The zero-order valence-corrected chi connectivity index (χ0v) is 11.0. The third kappa shape index (κ3) is 1.93. The molecule has 0 aliphatic heterocycles. The summed E-state index contributed by atoms with van der Waals surface area (Å²) >= 11 is 0. The standard InChI is InChI=1S/C15H12N2O3/c1-8-3-5-10(6-4-8)12-7-11(15(18)19)13-9(2)17-20-14(13)16-12/h3-7H,1-2H3,(H,18,19). The Morgan fingerprint density at radius 1 is 1.20 bits per heavy atom. The van der Waals surface area contributed by atoms with Crippen LogP contribution < -0.4 is 0 Å². The van der Waals surface area contributed by atoms with E-state index >= 15 is 0 Å². The first kappa shape index (κ1) is 12.3. The van der Waals surface area contributed by atoms with Crippen LogP contribution in [0.4, 0.5) is 0 Å². The molecule has 0 atom stereocenters. The van der Waals surface area contributed by atoms with Gasteiger partial charge in [-0.1, -0.05) is 35.0 Å². The number of benzene rings is 1. The van der Waals surface area contributed by atoms with Crippen LogP contribution in [0.25, 0.3) is 22.4 Å². The topological polar surface area (TPSA) is 76.2 Å². The molecule has 0 radical (unpaired) electrons. The van der Waals surface area contributed by atoms with Gasteiger partial charge in [-0.3, -0.25) is 0 Å². The van der Waals surface area contributed by atoms with Gasteiger partial charge in [0.15, 0.2) is 0 Å². The molecule has 0 bridgehead atoms. The Morgan fingerprint density at radius 3 is 2.55 bits per heavy atom. The fourth-order valence-electron chi connectivity index (χ4n) is 2.14. The van der Waals surface area contributed by atoms with Crippen LogP contribution in [0.1, 0.15) is 21.6 Å². The molecular weight excluding hydrogens is 256 g/mol. The number of carbonyl (C=O) groups is 1. The zero-order valence-electron chi connectivity index (χ0n) is 11.0. The minimum Gasteiger partial charge on any atom is -0.478 e. The van der Waals surface area contributed by atoms with Gasteiger partial charge in [0.05, 0.1) is 22.3 Å². The van der Waals surface area contributed by atoms with E-state index in [0.29, 0.717) is 16.8 Å². The second-order valence-corrected chi connectivity index (χ2v) is 4.67. The monoisotopic (exact) mass is 268 g/mol. The van der Waals surface area contributed by atoms with Crippen molar-refractivity contribution in [2.75, 3.05) is 0 Å². The van der Waals surface area contributed by atoms with Crippen molar-refractivity contribution >= 4 is 17.1 Å². The number of carboxylic acids is 1. The van der Waals surface area contributed by atoms with Crippen LogP contribution >= 0.6 is 0 Å². The van der Waals surface area contributed by atoms with E-state index < -0.39 is 5.97 Å². The van der Waals surface area contributed by atoms with Gasteiger partial charge in [0.1, 0.15) is 0 Å². The molecule has 20 heavy (non-hydrogen) atoms. The molecule has 1 N–H and O–H groups in total. The van der Waals surface area contributed by atoms with E-state index in [-0.39, 0.29) is 11.3 Å². The summed E-state index contributed by atoms with van der Waals surface area (Å²) in [6.07, 6.45) is 0. The number of aromatic nitrogens is 2. The number of fused-ring (bicyclic) bond motifs is 1. The third-order valence-electron chi connectivity index (χ3n) is 3.19. The predicted octanol–water partition coefficient (Wildman–Crippen LogP) is 3.20. The number of rotatable bonds is 2. The lowest BCUT2D eigenvalue weighted by molar-refractivity contribution is 0.0699. The number of carboxylic acid groups (broad SMARTS) is 1. The van der Waals surface area contributed by atoms with Gasteiger partial charge in [-0.05, 0) is 19.9 Å². The van der Waals surface area contributed by atoms with Gasteiger partial charge in [-0.15, -0.1) is 0 Å². The van der Waals surface area contributed by atoms with Crippen LogP contribution in [0.5, 0.6) is 0 Å². The van der Waals surface area contributed by atoms with Crippen molar-refractivity contribution in [3.63, 3.8) is 0 Å². The van der Waals surface area contributed by atoms with E-state index in [1.165, 1.54) is 0 Å². The molecule has 5 nitrogen and oxygen atoms in total. The molecule has 3 aromatic rings. The lowest BCUT2D eigenvalue weighted by Gasteiger charge is -2.04. The summed E-state index contributed by atoms with van der Waals surface area (Å²) in [6, 6.07) is 9.26. The van der Waals surface area contributed by atoms with Crippen molar-refractivity contribution in [1.82, 2.24) is 10.1 Å². The van der Waals surface area contributed by atoms with Crippen LogP contribution in [-0.4, -0.2) is 21.2 Å². The van der Waals surface area contributed by atoms with Crippen LogP contribution in [0.15, 0.2) is 34.9 Å². The molecule has 2 heterocycles. The molecule has 0 unspecified atom stereocenters. The number of nitrogens with zero attached hydrogens (tertiary/aromatic N) is 2. The molecule has 100 valence electrons. The molecule has 0 saturated carbocycles. The minimum absolute atomic E-state index is 0.157. The maximum absolute atomic E-state index is 11.4. The molecule has 0 aliphatic carbocycles. The Bertz CT molecular complexity index is 804. The Kier molecular flexibility index (Phi) is 2.75. The molecule has 0 spiro atoms. The third-order valence-corrected chi connectivity index (χ3v) is 3.19. The lowest BCUT2D eigenvalue weighted by atomic mass is 10.0. The van der Waals surface area contributed by atoms with Crippen LogP contribution in [-0.2, 0) is 0 Å². The number of aromatic carboxylic acids is 1. The maximum Gasteiger partial charge on any atom is 0.336 e. The van der Waals surface area contributed by atoms with E-state index in [1.807, 2.05) is 31.2 Å². The highest BCUT2D eigenvalue weighted by atomic mass is 16.5. The summed E-state index contributed by atoms with van der Waals surface area (Å²) in [5, 5.41) is 13.6. The van der Waals surface area contributed by atoms with E-state index in [2.05, 4.69) is 10.1 Å². The largest absolute Gasteiger partial charge is 0.478 e. The Balaban J connectivity index is 2.27. The van der Waals surface area contributed by atoms with Gasteiger partial charge in [-0.2, -0.15) is 0 Å². The first-order valence-corrected chi connectivity index (χ1v) is 6.13. The fraction of sp³-hybridized carbons (Fsp3) is 0.133. The molecule has 0 amide bonds. The second kappa shape index (κ2) is 4.45. The maximum atomic E-state index is 11.4. The molecule has 0 saturated heterocycles. The SMILES string of the molecule is Cc1ccc(-c2cc(C(=O)O)c3c(C)noc3n2)cc1. The first-order chi connectivity index (χ1) is 9.56. The number of pyridine rings is 1. The van der Waals surface area contributed by atoms with Crippen LogP contribution in [0.3, 0.4) is 0 Å². The van der Waals surface area contributed by atoms with E-state index in [1.54, 1.807) is 13.0 Å². The van der Waals surface area contributed by atoms with Crippen molar-refractivity contribution in [2.24, 2.45) is 0 Å². The molecule has 0 fully saturated rings. The van der Waals surface area contributed by atoms with E-state index in [9.17, 15) is 9.90 Å². The summed E-state index contributed by atoms with van der Waals surface area (Å²) in [7, 11) is 0. The van der Waals surface area contributed by atoms with Crippen molar-refractivity contribution in [3.05, 3.63) is 47.2 Å². The van der Waals surface area contributed by atoms with Crippen molar-refractivity contribution < 1.29 is 14.4 Å². The summed E-state index contributed by atoms with van der Waals surface area (Å²) in [5.74, 6) is -1.02. The second-order valence-electron chi connectivity index (χ2n) is 4.67. The van der Waals surface area contributed by atoms with Crippen LogP contribution in [0, 0.1) is 13.8 Å². The summed E-state index contributed by atoms with van der Waals surface area (Å²) in [4.78, 5) is 15.8. The van der Waals surface area contributed by atoms with Gasteiger partial charge < -0.3 is 9.63 Å². The first-order valence-electron chi connectivity index (χ1n) is 6.13. The van der Waals surface area contributed by atoms with Crippen LogP contribution in [0.2, 0.25) is 0 Å². The number of hydrogen-bond donors (Lipinski definition) is 1. The fourth-order valence-corrected chi connectivity index (χ4v) is 2.14. The summed E-state index contributed by atoms with van der Waals surface area (Å²) in [5.41, 5.74) is 3.46. The smallest absolute Gasteiger partial charge is 0.336 e. The quantitative estimate of drug-likeness (QED) is 0.772. The highest BCUT2D eigenvalue weighted by Gasteiger charge is 2.18. The number of aryl methyl sites for hydroxylation is 2. The van der Waals surface area contributed by atoms with E-state index in [4.69, 9.17) is 4.52 Å². The Hall–Kier alpha value is -2.69. The predicted molar refractivity (Wildman–Crippen MR) is 73.7 cm³/mol. The highest BCUT2D eigenvalue weighted by Crippen LogP contribution is 2.27. The average molecular weight is 268 g/mol. The van der Waals surface area contributed by atoms with Gasteiger partial charge in [0, 0.05) is 5.56 Å². The van der Waals surface area contributed by atoms with Gasteiger partial charge >= 0.3 is 5.97 Å². The minimum atomic E-state index is -1.02. The lowest BCUT2D eigenvalue weighted by Crippen LogP contribution is -2.00. The Labute approximate surface area is 114 Å². The van der Waals surface area contributed by atoms with E-state index in [0.717, 1.165) is 11.1 Å². The molecule has 5 heteroatoms. The average Bonchev–Trinajstić information content (AvgIpc) is 2.80.